The Labute approximate surface area is 145 Å². The van der Waals surface area contributed by atoms with Crippen LogP contribution in [-0.4, -0.2) is 44.8 Å². The van der Waals surface area contributed by atoms with Crippen molar-refractivity contribution in [1.82, 2.24) is 19.7 Å². The van der Waals surface area contributed by atoms with Crippen molar-refractivity contribution in [1.29, 1.82) is 0 Å². The lowest BCUT2D eigenvalue weighted by Gasteiger charge is -2.21. The number of ether oxygens (including phenoxy) is 1. The Kier molecular flexibility index (Phi) is 3.99. The van der Waals surface area contributed by atoms with Crippen molar-refractivity contribution < 1.29 is 9.53 Å². The number of nitrogens with zero attached hydrogens (tertiary/aromatic N) is 4. The third-order valence-electron chi connectivity index (χ3n) is 5.18. The highest BCUT2D eigenvalue weighted by molar-refractivity contribution is 5.92. The summed E-state index contributed by atoms with van der Waals surface area (Å²) in [5.41, 5.74) is 0.0894. The van der Waals surface area contributed by atoms with Crippen LogP contribution in [0, 0.1) is 11.8 Å². The van der Waals surface area contributed by atoms with Gasteiger partial charge in [0.1, 0.15) is 17.5 Å². The molecule has 2 aromatic heterocycles. The molecule has 4 rings (SSSR count). The maximum atomic E-state index is 12.7. The number of aromatic nitrogens is 3. The third-order valence-corrected chi connectivity index (χ3v) is 5.18. The molecule has 130 valence electrons. The fraction of sp³-hybridized carbons (Fsp3) is 0.444. The molecule has 2 aromatic rings. The molecule has 2 fully saturated rings. The summed E-state index contributed by atoms with van der Waals surface area (Å²) in [5.74, 6) is 1.44. The summed E-state index contributed by atoms with van der Waals surface area (Å²) in [6, 6.07) is 6.65. The predicted octanol–water partition coefficient (Wildman–Crippen LogP) is 1.10. The van der Waals surface area contributed by atoms with E-state index in [4.69, 9.17) is 4.74 Å². The van der Waals surface area contributed by atoms with Crippen molar-refractivity contribution in [3.8, 4) is 5.75 Å². The highest BCUT2D eigenvalue weighted by Crippen LogP contribution is 2.40. The topological polar surface area (TPSA) is 77.3 Å². The normalized spacial score (nSPS) is 25.0. The summed E-state index contributed by atoms with van der Waals surface area (Å²) in [6.45, 7) is 1.39. The molecule has 1 amide bonds. The summed E-state index contributed by atoms with van der Waals surface area (Å²) in [5, 5.41) is 4.07. The molecule has 7 nitrogen and oxygen atoms in total. The highest BCUT2D eigenvalue weighted by Gasteiger charge is 2.45. The van der Waals surface area contributed by atoms with E-state index in [-0.39, 0.29) is 17.6 Å². The molecule has 1 aliphatic heterocycles. The predicted molar refractivity (Wildman–Crippen MR) is 90.2 cm³/mol. The first-order valence-corrected chi connectivity index (χ1v) is 8.52. The van der Waals surface area contributed by atoms with Gasteiger partial charge in [-0.3, -0.25) is 14.6 Å². The van der Waals surface area contributed by atoms with Crippen LogP contribution in [-0.2, 0) is 7.05 Å². The van der Waals surface area contributed by atoms with E-state index in [0.717, 1.165) is 25.1 Å². The average Bonchev–Trinajstić information content (AvgIpc) is 3.20. The van der Waals surface area contributed by atoms with Gasteiger partial charge in [-0.1, -0.05) is 0 Å². The first-order chi connectivity index (χ1) is 12.1. The lowest BCUT2D eigenvalue weighted by atomic mass is 9.99. The largest absolute Gasteiger partial charge is 0.488 e. The molecular weight excluding hydrogens is 320 g/mol. The second-order valence-corrected chi connectivity index (χ2v) is 6.74. The standard InChI is InChI=1S/C18H20N4O3/c1-21-17(23)7-5-15(20-21)18(24)22-10-12-4-6-16(14(12)11-22)25-13-3-2-8-19-9-13/h2-3,5,7-9,12,14,16H,4,6,10-11H2,1H3/t12-,14+,16-/m1/s1. The molecule has 0 N–H and O–H groups in total. The molecule has 3 heterocycles. The van der Waals surface area contributed by atoms with Gasteiger partial charge in [0.15, 0.2) is 0 Å². The highest BCUT2D eigenvalue weighted by atomic mass is 16.5. The second-order valence-electron chi connectivity index (χ2n) is 6.74. The van der Waals surface area contributed by atoms with Crippen molar-refractivity contribution >= 4 is 5.91 Å². The Bertz CT molecular complexity index is 836. The van der Waals surface area contributed by atoms with Crippen LogP contribution in [0.2, 0.25) is 0 Å². The Balaban J connectivity index is 1.46. The van der Waals surface area contributed by atoms with Gasteiger partial charge in [-0.15, -0.1) is 0 Å². The molecule has 0 bridgehead atoms. The van der Waals surface area contributed by atoms with Gasteiger partial charge >= 0.3 is 0 Å². The summed E-state index contributed by atoms with van der Waals surface area (Å²) in [7, 11) is 1.55. The van der Waals surface area contributed by atoms with E-state index in [9.17, 15) is 9.59 Å². The molecule has 0 aromatic carbocycles. The number of fused-ring (bicyclic) bond motifs is 1. The first-order valence-electron chi connectivity index (χ1n) is 8.52. The molecule has 7 heteroatoms. The lowest BCUT2D eigenvalue weighted by Crippen LogP contribution is -2.34. The van der Waals surface area contributed by atoms with Crippen molar-refractivity contribution in [2.24, 2.45) is 18.9 Å². The monoisotopic (exact) mass is 340 g/mol. The van der Waals surface area contributed by atoms with Gasteiger partial charge < -0.3 is 9.64 Å². The maximum Gasteiger partial charge on any atom is 0.274 e. The van der Waals surface area contributed by atoms with E-state index in [1.165, 1.54) is 16.8 Å². The zero-order valence-corrected chi connectivity index (χ0v) is 14.0. The Hall–Kier alpha value is -2.70. The van der Waals surface area contributed by atoms with Gasteiger partial charge in [0.2, 0.25) is 0 Å². The van der Waals surface area contributed by atoms with E-state index < -0.39 is 0 Å². The number of pyridine rings is 1. The van der Waals surface area contributed by atoms with Crippen LogP contribution in [0.1, 0.15) is 23.3 Å². The molecule has 2 aliphatic rings. The second kappa shape index (κ2) is 6.31. The minimum absolute atomic E-state index is 0.111. The Morgan fingerprint density at radius 2 is 2.12 bits per heavy atom. The Morgan fingerprint density at radius 3 is 2.88 bits per heavy atom. The van der Waals surface area contributed by atoms with Crippen LogP contribution in [0.3, 0.4) is 0 Å². The molecule has 1 saturated heterocycles. The smallest absolute Gasteiger partial charge is 0.274 e. The molecule has 0 radical (unpaired) electrons. The Morgan fingerprint density at radius 1 is 1.24 bits per heavy atom. The number of hydrogen-bond donors (Lipinski definition) is 0. The fourth-order valence-electron chi connectivity index (χ4n) is 3.90. The van der Waals surface area contributed by atoms with Crippen LogP contribution in [0.4, 0.5) is 0 Å². The van der Waals surface area contributed by atoms with Crippen LogP contribution in [0.15, 0.2) is 41.5 Å². The number of likely N-dealkylation sites (tertiary alicyclic amines) is 1. The van der Waals surface area contributed by atoms with E-state index in [1.807, 2.05) is 17.0 Å². The van der Waals surface area contributed by atoms with Crippen molar-refractivity contribution in [3.63, 3.8) is 0 Å². The molecular formula is C18H20N4O3. The summed E-state index contributed by atoms with van der Waals surface area (Å²) in [6.07, 6.45) is 5.62. The van der Waals surface area contributed by atoms with Gasteiger partial charge in [0, 0.05) is 38.3 Å². The van der Waals surface area contributed by atoms with Gasteiger partial charge in [-0.05, 0) is 37.0 Å². The van der Waals surface area contributed by atoms with Crippen LogP contribution >= 0.6 is 0 Å². The molecule has 0 spiro atoms. The summed E-state index contributed by atoms with van der Waals surface area (Å²) in [4.78, 5) is 30.1. The number of carbonyl (C=O) groups is 1. The fourth-order valence-corrected chi connectivity index (χ4v) is 3.90. The summed E-state index contributed by atoms with van der Waals surface area (Å²) < 4.78 is 7.29. The van der Waals surface area contributed by atoms with Crippen molar-refractivity contribution in [2.75, 3.05) is 13.1 Å². The average molecular weight is 340 g/mol. The third kappa shape index (κ3) is 3.01. The van der Waals surface area contributed by atoms with Gasteiger partial charge in [-0.25, -0.2) is 4.68 Å². The minimum atomic E-state index is -0.222. The van der Waals surface area contributed by atoms with Crippen LogP contribution in [0.25, 0.3) is 0 Å². The first kappa shape index (κ1) is 15.8. The molecule has 1 saturated carbocycles. The summed E-state index contributed by atoms with van der Waals surface area (Å²) >= 11 is 0. The van der Waals surface area contributed by atoms with E-state index in [2.05, 4.69) is 10.1 Å². The van der Waals surface area contributed by atoms with Gasteiger partial charge in [0.05, 0.1) is 6.20 Å². The van der Waals surface area contributed by atoms with E-state index in [0.29, 0.717) is 24.1 Å². The number of aryl methyl sites for hydroxylation is 1. The molecule has 1 aliphatic carbocycles. The number of amides is 1. The maximum absolute atomic E-state index is 12.7. The lowest BCUT2D eigenvalue weighted by molar-refractivity contribution is 0.0754. The number of rotatable bonds is 3. The van der Waals surface area contributed by atoms with E-state index in [1.54, 1.807) is 19.4 Å². The molecule has 25 heavy (non-hydrogen) atoms. The number of carbonyl (C=O) groups excluding carboxylic acids is 1. The zero-order valence-electron chi connectivity index (χ0n) is 14.0. The number of hydrogen-bond acceptors (Lipinski definition) is 5. The van der Waals surface area contributed by atoms with Crippen LogP contribution in [0.5, 0.6) is 5.75 Å². The van der Waals surface area contributed by atoms with Crippen molar-refractivity contribution in [2.45, 2.75) is 18.9 Å². The quantitative estimate of drug-likeness (QED) is 0.836. The molecule has 3 atom stereocenters. The zero-order chi connectivity index (χ0) is 17.4. The van der Waals surface area contributed by atoms with Gasteiger partial charge in [-0.2, -0.15) is 5.10 Å². The minimum Gasteiger partial charge on any atom is -0.488 e. The van der Waals surface area contributed by atoms with Gasteiger partial charge in [0.25, 0.3) is 11.5 Å². The van der Waals surface area contributed by atoms with Crippen LogP contribution < -0.4 is 10.3 Å². The van der Waals surface area contributed by atoms with E-state index >= 15 is 0 Å². The molecule has 0 unspecified atom stereocenters. The SMILES string of the molecule is Cn1nc(C(=O)N2C[C@H]3CC[C@@H](Oc4cccnc4)[C@H]3C2)ccc1=O. The van der Waals surface area contributed by atoms with Crippen molar-refractivity contribution in [3.05, 3.63) is 52.7 Å².